The molecule has 0 unspecified atom stereocenters. The monoisotopic (exact) mass is 284 g/mol. The van der Waals surface area contributed by atoms with Crippen LogP contribution in [0.1, 0.15) is 36.2 Å². The highest BCUT2D eigenvalue weighted by Gasteiger charge is 2.07. The van der Waals surface area contributed by atoms with E-state index in [-0.39, 0.29) is 5.43 Å². The lowest BCUT2D eigenvalue weighted by molar-refractivity contribution is 0.585. The van der Waals surface area contributed by atoms with Crippen molar-refractivity contribution >= 4 is 0 Å². The van der Waals surface area contributed by atoms with Crippen molar-refractivity contribution in [2.45, 2.75) is 47.2 Å². The minimum atomic E-state index is 0.0984. The summed E-state index contributed by atoms with van der Waals surface area (Å²) in [5.74, 6) is 0. The number of nitrogens with zero attached hydrogens (tertiary/aromatic N) is 1. The molecule has 112 valence electrons. The number of nitrogens with one attached hydrogen (secondary N) is 1. The highest BCUT2D eigenvalue weighted by Crippen LogP contribution is 2.15. The van der Waals surface area contributed by atoms with E-state index in [0.717, 1.165) is 16.9 Å². The van der Waals surface area contributed by atoms with Crippen LogP contribution in [0.4, 0.5) is 0 Å². The van der Waals surface area contributed by atoms with Crippen LogP contribution < -0.4 is 10.7 Å². The van der Waals surface area contributed by atoms with Crippen molar-refractivity contribution in [2.24, 2.45) is 0 Å². The molecule has 0 amide bonds. The Kier molecular flexibility index (Phi) is 4.63. The summed E-state index contributed by atoms with van der Waals surface area (Å²) in [4.78, 5) is 12.1. The maximum Gasteiger partial charge on any atom is 0.186 e. The third-order valence-electron chi connectivity index (χ3n) is 3.51. The summed E-state index contributed by atoms with van der Waals surface area (Å²) in [6, 6.07) is 8.52. The molecule has 1 aromatic carbocycles. The third kappa shape index (κ3) is 3.82. The number of benzene rings is 1. The minimum absolute atomic E-state index is 0.0984. The number of pyridine rings is 1. The lowest BCUT2D eigenvalue weighted by atomic mass is 10.1. The summed E-state index contributed by atoms with van der Waals surface area (Å²) in [5, 5.41) is 3.31. The summed E-state index contributed by atoms with van der Waals surface area (Å²) < 4.78 is 2.10. The van der Waals surface area contributed by atoms with Crippen molar-refractivity contribution in [1.82, 2.24) is 9.88 Å². The molecule has 0 spiro atoms. The predicted molar refractivity (Wildman–Crippen MR) is 88.2 cm³/mol. The second kappa shape index (κ2) is 6.27. The summed E-state index contributed by atoms with van der Waals surface area (Å²) in [7, 11) is 0. The van der Waals surface area contributed by atoms with Crippen molar-refractivity contribution in [1.29, 1.82) is 0 Å². The van der Waals surface area contributed by atoms with Crippen LogP contribution in [0.25, 0.3) is 5.69 Å². The van der Waals surface area contributed by atoms with Gasteiger partial charge in [-0.25, -0.2) is 0 Å². The van der Waals surface area contributed by atoms with E-state index in [4.69, 9.17) is 0 Å². The van der Waals surface area contributed by atoms with E-state index in [1.807, 2.05) is 13.1 Å². The van der Waals surface area contributed by atoms with E-state index >= 15 is 0 Å². The maximum atomic E-state index is 12.1. The Balaban J connectivity index is 2.48. The first kappa shape index (κ1) is 15.5. The average Bonchev–Trinajstić information content (AvgIpc) is 2.36. The van der Waals surface area contributed by atoms with E-state index in [1.165, 1.54) is 11.1 Å². The van der Waals surface area contributed by atoms with Gasteiger partial charge in [0.15, 0.2) is 5.43 Å². The van der Waals surface area contributed by atoms with Gasteiger partial charge in [-0.2, -0.15) is 0 Å². The van der Waals surface area contributed by atoms with Crippen LogP contribution in [0, 0.1) is 20.8 Å². The fraction of sp³-hybridized carbons (Fsp3) is 0.389. The number of hydrogen-bond acceptors (Lipinski definition) is 2. The summed E-state index contributed by atoms with van der Waals surface area (Å²) in [6.07, 6.45) is 1.96. The van der Waals surface area contributed by atoms with Crippen molar-refractivity contribution in [3.8, 4) is 5.69 Å². The van der Waals surface area contributed by atoms with Gasteiger partial charge in [-0.1, -0.05) is 19.9 Å². The highest BCUT2D eigenvalue weighted by molar-refractivity contribution is 5.41. The molecule has 2 aromatic rings. The molecule has 0 saturated carbocycles. The summed E-state index contributed by atoms with van der Waals surface area (Å²) in [5.41, 5.74) is 5.42. The quantitative estimate of drug-likeness (QED) is 0.935. The number of hydrogen-bond donors (Lipinski definition) is 1. The SMILES string of the molecule is Cc1cc(C)cc(-n2cc(CNC(C)C)c(=O)cc2C)c1. The molecule has 3 nitrogen and oxygen atoms in total. The van der Waals surface area contributed by atoms with Crippen LogP contribution in [0.2, 0.25) is 0 Å². The number of aromatic nitrogens is 1. The molecule has 0 saturated heterocycles. The fourth-order valence-corrected chi connectivity index (χ4v) is 2.49. The van der Waals surface area contributed by atoms with E-state index in [9.17, 15) is 4.79 Å². The van der Waals surface area contributed by atoms with Crippen LogP contribution in [0.5, 0.6) is 0 Å². The predicted octanol–water partition coefficient (Wildman–Crippen LogP) is 3.26. The van der Waals surface area contributed by atoms with Crippen LogP contribution in [0.3, 0.4) is 0 Å². The molecule has 0 aliphatic rings. The van der Waals surface area contributed by atoms with E-state index in [1.54, 1.807) is 6.07 Å². The zero-order valence-corrected chi connectivity index (χ0v) is 13.5. The van der Waals surface area contributed by atoms with Crippen molar-refractivity contribution in [3.63, 3.8) is 0 Å². The van der Waals surface area contributed by atoms with Crippen molar-refractivity contribution in [2.75, 3.05) is 0 Å². The first-order valence-electron chi connectivity index (χ1n) is 7.41. The first-order valence-corrected chi connectivity index (χ1v) is 7.41. The van der Waals surface area contributed by atoms with Crippen LogP contribution in [-0.4, -0.2) is 10.6 Å². The average molecular weight is 284 g/mol. The van der Waals surface area contributed by atoms with E-state index in [0.29, 0.717) is 12.6 Å². The highest BCUT2D eigenvalue weighted by atomic mass is 16.1. The standard InChI is InChI=1S/C18H24N2O/c1-12(2)19-10-16-11-20(15(5)9-18(16)21)17-7-13(3)6-14(4)8-17/h6-9,11-12,19H,10H2,1-5H3. The van der Waals surface area contributed by atoms with Gasteiger partial charge < -0.3 is 9.88 Å². The molecule has 1 aromatic heterocycles. The summed E-state index contributed by atoms with van der Waals surface area (Å²) >= 11 is 0. The van der Waals surface area contributed by atoms with Crippen molar-refractivity contribution in [3.05, 3.63) is 63.1 Å². The maximum absolute atomic E-state index is 12.1. The fourth-order valence-electron chi connectivity index (χ4n) is 2.49. The molecule has 0 atom stereocenters. The topological polar surface area (TPSA) is 34.0 Å². The summed E-state index contributed by atoms with van der Waals surface area (Å²) in [6.45, 7) is 10.9. The second-order valence-corrected chi connectivity index (χ2v) is 6.06. The molecule has 0 radical (unpaired) electrons. The van der Waals surface area contributed by atoms with Crippen LogP contribution >= 0.6 is 0 Å². The lowest BCUT2D eigenvalue weighted by Gasteiger charge is -2.15. The lowest BCUT2D eigenvalue weighted by Crippen LogP contribution is -2.26. The Labute approximate surface area is 126 Å². The molecular weight excluding hydrogens is 260 g/mol. The Morgan fingerprint density at radius 3 is 2.24 bits per heavy atom. The number of rotatable bonds is 4. The Morgan fingerprint density at radius 1 is 1.05 bits per heavy atom. The molecule has 0 aliphatic carbocycles. The van der Waals surface area contributed by atoms with E-state index in [2.05, 4.69) is 55.8 Å². The van der Waals surface area contributed by atoms with Gasteiger partial charge in [0, 0.05) is 41.8 Å². The third-order valence-corrected chi connectivity index (χ3v) is 3.51. The molecule has 3 heteroatoms. The number of aryl methyl sites for hydroxylation is 3. The normalized spacial score (nSPS) is 11.1. The molecule has 1 heterocycles. The largest absolute Gasteiger partial charge is 0.321 e. The van der Waals surface area contributed by atoms with Crippen molar-refractivity contribution < 1.29 is 0 Å². The Bertz CT molecular complexity index is 679. The molecule has 2 rings (SSSR count). The molecule has 0 bridgehead atoms. The molecule has 0 fully saturated rings. The molecular formula is C18H24N2O. The zero-order valence-electron chi connectivity index (χ0n) is 13.5. The zero-order chi connectivity index (χ0) is 15.6. The van der Waals surface area contributed by atoms with Gasteiger partial charge in [-0.15, -0.1) is 0 Å². The van der Waals surface area contributed by atoms with Gasteiger partial charge in [0.1, 0.15) is 0 Å². The van der Waals surface area contributed by atoms with Gasteiger partial charge in [-0.05, 0) is 44.0 Å². The molecule has 1 N–H and O–H groups in total. The van der Waals surface area contributed by atoms with Crippen LogP contribution in [0.15, 0.2) is 35.3 Å². The molecule has 21 heavy (non-hydrogen) atoms. The smallest absolute Gasteiger partial charge is 0.186 e. The van der Waals surface area contributed by atoms with E-state index < -0.39 is 0 Å². The second-order valence-electron chi connectivity index (χ2n) is 6.06. The van der Waals surface area contributed by atoms with Gasteiger partial charge >= 0.3 is 0 Å². The van der Waals surface area contributed by atoms with Gasteiger partial charge in [0.2, 0.25) is 0 Å². The Hall–Kier alpha value is -1.87. The minimum Gasteiger partial charge on any atom is -0.321 e. The van der Waals surface area contributed by atoms with Gasteiger partial charge in [-0.3, -0.25) is 4.79 Å². The van der Waals surface area contributed by atoms with Gasteiger partial charge in [0.25, 0.3) is 0 Å². The first-order chi connectivity index (χ1) is 9.86. The van der Waals surface area contributed by atoms with Crippen LogP contribution in [-0.2, 0) is 6.54 Å². The Morgan fingerprint density at radius 2 is 1.67 bits per heavy atom. The molecule has 0 aliphatic heterocycles. The van der Waals surface area contributed by atoms with Gasteiger partial charge in [0.05, 0.1) is 0 Å².